The third-order valence-electron chi connectivity index (χ3n) is 9.14. The normalized spacial score (nSPS) is 17.9. The van der Waals surface area contributed by atoms with Crippen molar-refractivity contribution in [1.29, 1.82) is 0 Å². The Morgan fingerprint density at radius 3 is 2.61 bits per heavy atom. The van der Waals surface area contributed by atoms with Crippen molar-refractivity contribution in [3.63, 3.8) is 0 Å². The summed E-state index contributed by atoms with van der Waals surface area (Å²) in [4.78, 5) is 16.5. The molecule has 0 spiro atoms. The van der Waals surface area contributed by atoms with E-state index >= 15 is 0 Å². The minimum absolute atomic E-state index is 0.0694. The summed E-state index contributed by atoms with van der Waals surface area (Å²) in [6.07, 6.45) is 10.7. The molecule has 0 bridgehead atoms. The number of anilines is 1. The lowest BCUT2D eigenvalue weighted by Gasteiger charge is -2.32. The first-order valence-electron chi connectivity index (χ1n) is 17.0. The fourth-order valence-electron chi connectivity index (χ4n) is 6.54. The van der Waals surface area contributed by atoms with Crippen LogP contribution in [0.4, 0.5) is 5.69 Å². The Kier molecular flexibility index (Phi) is 10.8. The van der Waals surface area contributed by atoms with Crippen molar-refractivity contribution in [2.24, 2.45) is 0 Å². The highest BCUT2D eigenvalue weighted by Crippen LogP contribution is 2.39. The highest BCUT2D eigenvalue weighted by Gasteiger charge is 2.32. The van der Waals surface area contributed by atoms with Gasteiger partial charge in [-0.2, -0.15) is 5.10 Å². The molecule has 46 heavy (non-hydrogen) atoms. The fraction of sp³-hybridized carbons (Fsp3) is 0.436. The minimum atomic E-state index is -0.233. The van der Waals surface area contributed by atoms with Gasteiger partial charge in [0, 0.05) is 30.6 Å². The van der Waals surface area contributed by atoms with Gasteiger partial charge in [-0.25, -0.2) is 0 Å². The number of rotatable bonds is 13. The lowest BCUT2D eigenvalue weighted by atomic mass is 9.81. The molecule has 2 aliphatic rings. The second kappa shape index (κ2) is 15.6. The maximum atomic E-state index is 14.6. The molecule has 1 aromatic heterocycles. The Labute approximate surface area is 273 Å². The van der Waals surface area contributed by atoms with E-state index in [1.165, 1.54) is 5.56 Å². The summed E-state index contributed by atoms with van der Waals surface area (Å²) in [5.41, 5.74) is 6.55. The van der Waals surface area contributed by atoms with Gasteiger partial charge in [-0.3, -0.25) is 9.48 Å². The summed E-state index contributed by atoms with van der Waals surface area (Å²) >= 11 is 0. The van der Waals surface area contributed by atoms with Gasteiger partial charge in [0.25, 0.3) is 0 Å². The minimum Gasteiger partial charge on any atom is -0.489 e. The first-order valence-corrected chi connectivity index (χ1v) is 17.0. The van der Waals surface area contributed by atoms with Crippen LogP contribution in [-0.4, -0.2) is 35.2 Å². The second-order valence-corrected chi connectivity index (χ2v) is 12.8. The van der Waals surface area contributed by atoms with Crippen molar-refractivity contribution in [3.05, 3.63) is 113 Å². The van der Waals surface area contributed by atoms with Gasteiger partial charge in [0.05, 0.1) is 25.3 Å². The number of fused-ring (bicyclic) bond motifs is 1. The van der Waals surface area contributed by atoms with Crippen LogP contribution < -0.4 is 9.64 Å². The largest absolute Gasteiger partial charge is 0.489 e. The number of ether oxygens (including phenoxy) is 3. The summed E-state index contributed by atoms with van der Waals surface area (Å²) in [6.45, 7) is 7.54. The molecule has 3 aromatic carbocycles. The van der Waals surface area contributed by atoms with E-state index in [9.17, 15) is 4.79 Å². The number of hydrogen-bond acceptors (Lipinski definition) is 5. The SMILES string of the molecule is CC(C)c1ccc(N(Cc2cnn(CCCOC3CCCCO3)c2)C(=O)C2CCCc3c(OCc4ccccc4)cccc32)cc1. The number of aromatic nitrogens is 2. The van der Waals surface area contributed by atoms with Crippen LogP contribution in [0.5, 0.6) is 5.75 Å². The maximum Gasteiger partial charge on any atom is 0.234 e. The predicted octanol–water partition coefficient (Wildman–Crippen LogP) is 8.17. The van der Waals surface area contributed by atoms with Crippen LogP contribution in [0.2, 0.25) is 0 Å². The quantitative estimate of drug-likeness (QED) is 0.141. The number of hydrogen-bond donors (Lipinski definition) is 0. The zero-order valence-corrected chi connectivity index (χ0v) is 27.3. The van der Waals surface area contributed by atoms with Crippen LogP contribution in [0.15, 0.2) is 85.2 Å². The average Bonchev–Trinajstić information content (AvgIpc) is 3.56. The predicted molar refractivity (Wildman–Crippen MR) is 181 cm³/mol. The van der Waals surface area contributed by atoms with Gasteiger partial charge >= 0.3 is 0 Å². The topological polar surface area (TPSA) is 65.8 Å². The number of carbonyl (C=O) groups is 1. The van der Waals surface area contributed by atoms with E-state index in [-0.39, 0.29) is 18.1 Å². The van der Waals surface area contributed by atoms with Crippen LogP contribution in [-0.2, 0) is 40.4 Å². The van der Waals surface area contributed by atoms with Crippen LogP contribution in [0.1, 0.15) is 92.0 Å². The van der Waals surface area contributed by atoms with Crippen molar-refractivity contribution in [3.8, 4) is 5.75 Å². The summed E-state index contributed by atoms with van der Waals surface area (Å²) < 4.78 is 19.9. The van der Waals surface area contributed by atoms with Crippen molar-refractivity contribution < 1.29 is 19.0 Å². The molecule has 2 unspecified atom stereocenters. The molecule has 2 heterocycles. The molecule has 1 aliphatic carbocycles. The standard InChI is InChI=1S/C39H47N3O4/c1-29(2)32-18-20-33(21-19-32)42(27-31-25-40-41(26-31)22-10-24-45-38-17-6-7-23-44-38)39(43)36-15-8-14-35-34(36)13-9-16-37(35)46-28-30-11-4-3-5-12-30/h3-5,9,11-13,16,18-21,25-26,29,36,38H,6-8,10,14-15,17,22-24,27-28H2,1-2H3. The molecule has 1 amide bonds. The lowest BCUT2D eigenvalue weighted by Crippen LogP contribution is -2.36. The third kappa shape index (κ3) is 8.06. The summed E-state index contributed by atoms with van der Waals surface area (Å²) in [5, 5.41) is 4.62. The van der Waals surface area contributed by atoms with E-state index in [2.05, 4.69) is 67.6 Å². The first kappa shape index (κ1) is 32.0. The molecule has 6 rings (SSSR count). The summed E-state index contributed by atoms with van der Waals surface area (Å²) in [6, 6.07) is 24.9. The molecule has 1 saturated heterocycles. The summed E-state index contributed by atoms with van der Waals surface area (Å²) in [7, 11) is 0. The van der Waals surface area contributed by atoms with E-state index in [4.69, 9.17) is 14.2 Å². The molecule has 242 valence electrons. The number of aryl methyl sites for hydroxylation is 1. The Bertz CT molecular complexity index is 1540. The molecule has 0 saturated carbocycles. The number of carbonyl (C=O) groups excluding carboxylic acids is 1. The molecular weight excluding hydrogens is 574 g/mol. The molecule has 0 N–H and O–H groups in total. The lowest BCUT2D eigenvalue weighted by molar-refractivity contribution is -0.163. The Morgan fingerprint density at radius 1 is 0.978 bits per heavy atom. The Morgan fingerprint density at radius 2 is 1.83 bits per heavy atom. The van der Waals surface area contributed by atoms with Crippen molar-refractivity contribution in [1.82, 2.24) is 9.78 Å². The fourth-order valence-corrected chi connectivity index (χ4v) is 6.54. The van der Waals surface area contributed by atoms with Gasteiger partial charge in [0.15, 0.2) is 6.29 Å². The molecule has 4 aromatic rings. The molecule has 0 radical (unpaired) electrons. The maximum absolute atomic E-state index is 14.6. The van der Waals surface area contributed by atoms with Gasteiger partial charge in [-0.1, -0.05) is 68.4 Å². The smallest absolute Gasteiger partial charge is 0.234 e. The van der Waals surface area contributed by atoms with Gasteiger partial charge in [0.2, 0.25) is 5.91 Å². The van der Waals surface area contributed by atoms with Crippen LogP contribution in [0.3, 0.4) is 0 Å². The van der Waals surface area contributed by atoms with Crippen LogP contribution in [0.25, 0.3) is 0 Å². The van der Waals surface area contributed by atoms with Gasteiger partial charge < -0.3 is 19.1 Å². The first-order chi connectivity index (χ1) is 22.5. The van der Waals surface area contributed by atoms with E-state index < -0.39 is 0 Å². The highest BCUT2D eigenvalue weighted by atomic mass is 16.7. The molecule has 2 atom stereocenters. The van der Waals surface area contributed by atoms with E-state index in [0.717, 1.165) is 91.8 Å². The van der Waals surface area contributed by atoms with Gasteiger partial charge in [0.1, 0.15) is 12.4 Å². The zero-order valence-electron chi connectivity index (χ0n) is 27.3. The van der Waals surface area contributed by atoms with Crippen molar-refractivity contribution in [2.45, 2.75) is 96.6 Å². The van der Waals surface area contributed by atoms with E-state index in [1.807, 2.05) is 46.1 Å². The van der Waals surface area contributed by atoms with Crippen molar-refractivity contribution >= 4 is 11.6 Å². The van der Waals surface area contributed by atoms with Crippen LogP contribution >= 0.6 is 0 Å². The summed E-state index contributed by atoms with van der Waals surface area (Å²) in [5.74, 6) is 1.19. The third-order valence-corrected chi connectivity index (χ3v) is 9.14. The average molecular weight is 622 g/mol. The molecule has 7 nitrogen and oxygen atoms in total. The Hall–Kier alpha value is -3.94. The van der Waals surface area contributed by atoms with Crippen molar-refractivity contribution in [2.75, 3.05) is 18.1 Å². The molecule has 7 heteroatoms. The van der Waals surface area contributed by atoms with E-state index in [0.29, 0.717) is 25.7 Å². The highest BCUT2D eigenvalue weighted by molar-refractivity contribution is 5.98. The zero-order chi connectivity index (χ0) is 31.7. The molecule has 1 aliphatic heterocycles. The molecule has 1 fully saturated rings. The van der Waals surface area contributed by atoms with Crippen LogP contribution in [0, 0.1) is 0 Å². The van der Waals surface area contributed by atoms with Gasteiger partial charge in [-0.15, -0.1) is 0 Å². The number of amides is 1. The second-order valence-electron chi connectivity index (χ2n) is 12.8. The number of nitrogens with zero attached hydrogens (tertiary/aromatic N) is 3. The van der Waals surface area contributed by atoms with E-state index in [1.54, 1.807) is 0 Å². The Balaban J connectivity index is 1.18. The number of benzene rings is 3. The molecular formula is C39H47N3O4. The monoisotopic (exact) mass is 621 g/mol. The van der Waals surface area contributed by atoms with Gasteiger partial charge in [-0.05, 0) is 91.3 Å².